The van der Waals surface area contributed by atoms with E-state index in [1.54, 1.807) is 0 Å². The van der Waals surface area contributed by atoms with Crippen LogP contribution < -0.4 is 21.3 Å². The number of carbonyl (C=O) groups is 1. The third-order valence-corrected chi connectivity index (χ3v) is 8.13. The molecule has 8 heteroatoms. The molecule has 0 aromatic carbocycles. The van der Waals surface area contributed by atoms with Gasteiger partial charge in [-0.1, -0.05) is 0 Å². The summed E-state index contributed by atoms with van der Waals surface area (Å²) in [5.41, 5.74) is 0. The predicted molar refractivity (Wildman–Crippen MR) is 123 cm³/mol. The maximum absolute atomic E-state index is 12.5. The second-order valence-corrected chi connectivity index (χ2v) is 10.2. The highest BCUT2D eigenvalue weighted by Gasteiger charge is 2.32. The summed E-state index contributed by atoms with van der Waals surface area (Å²) in [6.45, 7) is 5.83. The van der Waals surface area contributed by atoms with Crippen molar-refractivity contribution in [3.63, 3.8) is 0 Å². The standard InChI is InChI=1S/C23H44N6O2/c1-28-11-13-29(14-12-28)23(30)27-20-7-5-19(6-8-20)26-22-24-15-18(16-25-22)17-3-9-21(31-2)10-4-17/h17-22,24-26H,3-16H2,1-2H3,(H,27,30). The van der Waals surface area contributed by atoms with E-state index in [0.29, 0.717) is 18.2 Å². The summed E-state index contributed by atoms with van der Waals surface area (Å²) in [6, 6.07) is 0.977. The van der Waals surface area contributed by atoms with Gasteiger partial charge in [0.25, 0.3) is 0 Å². The van der Waals surface area contributed by atoms with E-state index in [9.17, 15) is 4.79 Å². The van der Waals surface area contributed by atoms with Gasteiger partial charge in [0.15, 0.2) is 0 Å². The minimum atomic E-state index is 0.130. The molecular weight excluding hydrogens is 392 g/mol. The smallest absolute Gasteiger partial charge is 0.317 e. The monoisotopic (exact) mass is 436 g/mol. The summed E-state index contributed by atoms with van der Waals surface area (Å²) in [4.78, 5) is 16.8. The van der Waals surface area contributed by atoms with E-state index in [-0.39, 0.29) is 12.3 Å². The lowest BCUT2D eigenvalue weighted by atomic mass is 9.78. The van der Waals surface area contributed by atoms with Gasteiger partial charge in [-0.25, -0.2) is 4.79 Å². The molecule has 0 spiro atoms. The Bertz CT molecular complexity index is 546. The van der Waals surface area contributed by atoms with Gasteiger partial charge in [0.2, 0.25) is 0 Å². The van der Waals surface area contributed by atoms with Crippen LogP contribution in [0.1, 0.15) is 51.4 Å². The van der Waals surface area contributed by atoms with Gasteiger partial charge in [-0.05, 0) is 70.3 Å². The first kappa shape index (κ1) is 23.2. The molecular formula is C23H44N6O2. The Kier molecular flexibility index (Phi) is 8.45. The molecule has 2 aliphatic carbocycles. The Hall–Kier alpha value is -0.930. The van der Waals surface area contributed by atoms with Crippen molar-refractivity contribution in [1.29, 1.82) is 0 Å². The molecule has 2 aliphatic heterocycles. The Morgan fingerprint density at radius 2 is 1.45 bits per heavy atom. The molecule has 2 saturated heterocycles. The van der Waals surface area contributed by atoms with Gasteiger partial charge in [0.1, 0.15) is 6.29 Å². The maximum Gasteiger partial charge on any atom is 0.317 e. The number of likely N-dealkylation sites (N-methyl/N-ethyl adjacent to an activating group) is 1. The van der Waals surface area contributed by atoms with Crippen LogP contribution in [0.5, 0.6) is 0 Å². The van der Waals surface area contributed by atoms with Gasteiger partial charge >= 0.3 is 6.03 Å². The molecule has 4 fully saturated rings. The van der Waals surface area contributed by atoms with Gasteiger partial charge in [-0.15, -0.1) is 0 Å². The van der Waals surface area contributed by atoms with E-state index in [0.717, 1.165) is 76.8 Å². The Morgan fingerprint density at radius 3 is 2.06 bits per heavy atom. The Balaban J connectivity index is 1.10. The summed E-state index contributed by atoms with van der Waals surface area (Å²) in [7, 11) is 3.96. The summed E-state index contributed by atoms with van der Waals surface area (Å²) in [5, 5.41) is 14.4. The SMILES string of the molecule is COC1CCC(C2CNC(NC3CCC(NC(=O)N4CCN(C)CC4)CC3)NC2)CC1. The van der Waals surface area contributed by atoms with Crippen molar-refractivity contribution in [2.45, 2.75) is 75.8 Å². The number of hydrogen-bond acceptors (Lipinski definition) is 6. The molecule has 0 aromatic heterocycles. The lowest BCUT2D eigenvalue weighted by Crippen LogP contribution is -2.63. The van der Waals surface area contributed by atoms with E-state index < -0.39 is 0 Å². The van der Waals surface area contributed by atoms with Gasteiger partial charge in [-0.2, -0.15) is 0 Å². The fraction of sp³-hybridized carbons (Fsp3) is 0.957. The largest absolute Gasteiger partial charge is 0.381 e. The van der Waals surface area contributed by atoms with E-state index in [1.165, 1.54) is 25.7 Å². The average Bonchev–Trinajstić information content (AvgIpc) is 2.81. The molecule has 0 unspecified atom stereocenters. The van der Waals surface area contributed by atoms with Crippen LogP contribution in [0.3, 0.4) is 0 Å². The second-order valence-electron chi connectivity index (χ2n) is 10.2. The number of amides is 2. The molecule has 0 aromatic rings. The third-order valence-electron chi connectivity index (χ3n) is 8.13. The van der Waals surface area contributed by atoms with Gasteiger partial charge in [0, 0.05) is 58.5 Å². The van der Waals surface area contributed by atoms with Crippen LogP contribution in [0.25, 0.3) is 0 Å². The first-order valence-corrected chi connectivity index (χ1v) is 12.6. The van der Waals surface area contributed by atoms with Crippen LogP contribution in [0.2, 0.25) is 0 Å². The molecule has 31 heavy (non-hydrogen) atoms. The van der Waals surface area contributed by atoms with Crippen molar-refractivity contribution < 1.29 is 9.53 Å². The minimum Gasteiger partial charge on any atom is -0.381 e. The van der Waals surface area contributed by atoms with Crippen LogP contribution in [-0.2, 0) is 4.74 Å². The number of nitrogens with zero attached hydrogens (tertiary/aromatic N) is 2. The van der Waals surface area contributed by atoms with Gasteiger partial charge in [0.05, 0.1) is 6.10 Å². The molecule has 4 rings (SSSR count). The minimum absolute atomic E-state index is 0.130. The molecule has 2 amide bonds. The number of carbonyl (C=O) groups excluding carboxylic acids is 1. The van der Waals surface area contributed by atoms with Gasteiger partial charge in [-0.3, -0.25) is 16.0 Å². The third kappa shape index (κ3) is 6.54. The number of nitrogens with one attached hydrogen (secondary N) is 4. The normalized spacial score (nSPS) is 38.1. The van der Waals surface area contributed by atoms with Crippen molar-refractivity contribution in [2.75, 3.05) is 53.4 Å². The zero-order valence-corrected chi connectivity index (χ0v) is 19.6. The average molecular weight is 437 g/mol. The van der Waals surface area contributed by atoms with Gasteiger partial charge < -0.3 is 19.9 Å². The number of piperazine rings is 1. The van der Waals surface area contributed by atoms with Crippen LogP contribution in [0, 0.1) is 11.8 Å². The molecule has 0 radical (unpaired) electrons. The maximum atomic E-state index is 12.5. The van der Waals surface area contributed by atoms with Crippen molar-refractivity contribution in [3.8, 4) is 0 Å². The highest BCUT2D eigenvalue weighted by atomic mass is 16.5. The van der Waals surface area contributed by atoms with Crippen molar-refractivity contribution in [3.05, 3.63) is 0 Å². The number of urea groups is 1. The van der Waals surface area contributed by atoms with Crippen molar-refractivity contribution >= 4 is 6.03 Å². The molecule has 0 atom stereocenters. The molecule has 0 bridgehead atoms. The number of ether oxygens (including phenoxy) is 1. The fourth-order valence-corrected chi connectivity index (χ4v) is 5.85. The molecule has 4 N–H and O–H groups in total. The summed E-state index contributed by atoms with van der Waals surface area (Å²) in [6.07, 6.45) is 10.1. The first-order valence-electron chi connectivity index (χ1n) is 12.6. The quantitative estimate of drug-likeness (QED) is 0.518. The molecule has 2 heterocycles. The van der Waals surface area contributed by atoms with Crippen LogP contribution >= 0.6 is 0 Å². The van der Waals surface area contributed by atoms with Crippen LogP contribution in [-0.4, -0.2) is 93.7 Å². The van der Waals surface area contributed by atoms with E-state index in [2.05, 4.69) is 33.2 Å². The first-order chi connectivity index (χ1) is 15.1. The molecule has 2 saturated carbocycles. The van der Waals surface area contributed by atoms with E-state index in [1.807, 2.05) is 12.0 Å². The highest BCUT2D eigenvalue weighted by Crippen LogP contribution is 2.31. The summed E-state index contributed by atoms with van der Waals surface area (Å²) >= 11 is 0. The molecule has 178 valence electrons. The zero-order chi connectivity index (χ0) is 21.6. The second kappa shape index (κ2) is 11.3. The fourth-order valence-electron chi connectivity index (χ4n) is 5.85. The lowest BCUT2D eigenvalue weighted by Gasteiger charge is -2.40. The van der Waals surface area contributed by atoms with Crippen molar-refractivity contribution in [1.82, 2.24) is 31.1 Å². The van der Waals surface area contributed by atoms with Crippen molar-refractivity contribution in [2.24, 2.45) is 11.8 Å². The topological polar surface area (TPSA) is 80.9 Å². The van der Waals surface area contributed by atoms with E-state index in [4.69, 9.17) is 4.74 Å². The predicted octanol–water partition coefficient (Wildman–Crippen LogP) is 1.14. The Morgan fingerprint density at radius 1 is 0.839 bits per heavy atom. The van der Waals surface area contributed by atoms with E-state index >= 15 is 0 Å². The number of methoxy groups -OCH3 is 1. The summed E-state index contributed by atoms with van der Waals surface area (Å²) < 4.78 is 5.52. The van der Waals surface area contributed by atoms with Crippen LogP contribution in [0.4, 0.5) is 4.79 Å². The Labute approximate surface area is 188 Å². The highest BCUT2D eigenvalue weighted by molar-refractivity contribution is 5.74. The molecule has 4 aliphatic rings. The van der Waals surface area contributed by atoms with Crippen LogP contribution in [0.15, 0.2) is 0 Å². The number of hydrogen-bond donors (Lipinski definition) is 4. The summed E-state index contributed by atoms with van der Waals surface area (Å²) in [5.74, 6) is 1.56. The zero-order valence-electron chi connectivity index (χ0n) is 19.6. The molecule has 8 nitrogen and oxygen atoms in total. The number of rotatable bonds is 5. The lowest BCUT2D eigenvalue weighted by molar-refractivity contribution is 0.0414.